The van der Waals surface area contributed by atoms with E-state index >= 15 is 0 Å². The summed E-state index contributed by atoms with van der Waals surface area (Å²) in [5, 5.41) is 11.9. The molecule has 1 heterocycles. The van der Waals surface area contributed by atoms with Crippen LogP contribution in [0.2, 0.25) is 0 Å². The van der Waals surface area contributed by atoms with E-state index in [1.165, 1.54) is 0 Å². The number of fused-ring (bicyclic) bond motifs is 1. The molecular weight excluding hydrogens is 216 g/mol. The van der Waals surface area contributed by atoms with Gasteiger partial charge in [-0.15, -0.1) is 6.58 Å². The Bertz CT molecular complexity index is 584. The van der Waals surface area contributed by atoms with Gasteiger partial charge in [0, 0.05) is 24.2 Å². The first-order valence-electron chi connectivity index (χ1n) is 5.46. The Hall–Kier alpha value is -2.10. The highest BCUT2D eigenvalue weighted by Crippen LogP contribution is 2.26. The first-order chi connectivity index (χ1) is 8.09. The summed E-state index contributed by atoms with van der Waals surface area (Å²) in [5.74, 6) is 0. The standard InChI is InChI=1S/C13H14N2O2/c1-10(2)6-8-14-9-7-11-4-3-5-12(13(11)14)15(16)17/h3-5,7,9H,1,6,8H2,2H3. The van der Waals surface area contributed by atoms with E-state index in [0.717, 1.165) is 23.9 Å². The number of rotatable bonds is 4. The normalized spacial score (nSPS) is 10.6. The molecule has 0 aliphatic rings. The summed E-state index contributed by atoms with van der Waals surface area (Å²) in [6, 6.07) is 7.05. The highest BCUT2D eigenvalue weighted by atomic mass is 16.6. The van der Waals surface area contributed by atoms with Crippen LogP contribution < -0.4 is 0 Å². The Balaban J connectivity index is 2.49. The third-order valence-electron chi connectivity index (χ3n) is 2.74. The second-order valence-electron chi connectivity index (χ2n) is 4.19. The Morgan fingerprint density at radius 3 is 2.88 bits per heavy atom. The molecule has 1 aromatic heterocycles. The largest absolute Gasteiger partial charge is 0.342 e. The number of allylic oxidation sites excluding steroid dienone is 1. The molecule has 0 N–H and O–H groups in total. The zero-order valence-corrected chi connectivity index (χ0v) is 9.72. The number of nitrogens with zero attached hydrogens (tertiary/aromatic N) is 2. The minimum absolute atomic E-state index is 0.161. The van der Waals surface area contributed by atoms with Gasteiger partial charge in [-0.3, -0.25) is 10.1 Å². The molecule has 1 aromatic carbocycles. The van der Waals surface area contributed by atoms with Crippen LogP contribution in [0.4, 0.5) is 5.69 Å². The summed E-state index contributed by atoms with van der Waals surface area (Å²) in [5.41, 5.74) is 1.93. The molecule has 2 rings (SSSR count). The quantitative estimate of drug-likeness (QED) is 0.458. The Morgan fingerprint density at radius 2 is 2.24 bits per heavy atom. The van der Waals surface area contributed by atoms with Crippen molar-refractivity contribution in [2.45, 2.75) is 19.9 Å². The first-order valence-corrected chi connectivity index (χ1v) is 5.46. The second kappa shape index (κ2) is 4.41. The molecule has 0 saturated heterocycles. The molecule has 0 atom stereocenters. The zero-order chi connectivity index (χ0) is 12.4. The van der Waals surface area contributed by atoms with Crippen LogP contribution in [0, 0.1) is 10.1 Å². The van der Waals surface area contributed by atoms with Crippen molar-refractivity contribution in [2.24, 2.45) is 0 Å². The number of aryl methyl sites for hydroxylation is 1. The summed E-state index contributed by atoms with van der Waals surface area (Å²) in [6.45, 7) is 6.53. The van der Waals surface area contributed by atoms with Gasteiger partial charge < -0.3 is 4.57 Å². The first kappa shape index (κ1) is 11.4. The molecule has 17 heavy (non-hydrogen) atoms. The monoisotopic (exact) mass is 230 g/mol. The third-order valence-corrected chi connectivity index (χ3v) is 2.74. The van der Waals surface area contributed by atoms with Crippen molar-refractivity contribution in [2.75, 3.05) is 0 Å². The summed E-state index contributed by atoms with van der Waals surface area (Å²) in [6.07, 6.45) is 2.72. The van der Waals surface area contributed by atoms with Gasteiger partial charge in [0.2, 0.25) is 0 Å². The van der Waals surface area contributed by atoms with E-state index in [-0.39, 0.29) is 10.6 Å². The maximum Gasteiger partial charge on any atom is 0.293 e. The molecule has 4 heteroatoms. The van der Waals surface area contributed by atoms with E-state index < -0.39 is 0 Å². The Kier molecular flexibility index (Phi) is 2.95. The highest BCUT2D eigenvalue weighted by Gasteiger charge is 2.14. The number of nitro groups is 1. The van der Waals surface area contributed by atoms with Crippen molar-refractivity contribution in [3.63, 3.8) is 0 Å². The van der Waals surface area contributed by atoms with E-state index in [9.17, 15) is 10.1 Å². The van der Waals surface area contributed by atoms with Crippen LogP contribution in [0.3, 0.4) is 0 Å². The minimum atomic E-state index is -0.334. The van der Waals surface area contributed by atoms with Gasteiger partial charge in [0.1, 0.15) is 5.52 Å². The maximum atomic E-state index is 11.0. The van der Waals surface area contributed by atoms with Gasteiger partial charge in [-0.1, -0.05) is 17.7 Å². The molecule has 2 aromatic rings. The average Bonchev–Trinajstić information content (AvgIpc) is 2.69. The van der Waals surface area contributed by atoms with Crippen molar-refractivity contribution >= 4 is 16.6 Å². The molecule has 0 spiro atoms. The molecule has 0 aliphatic carbocycles. The van der Waals surface area contributed by atoms with E-state index in [4.69, 9.17) is 0 Å². The molecule has 0 aliphatic heterocycles. The fourth-order valence-electron chi connectivity index (χ4n) is 1.89. The van der Waals surface area contributed by atoms with E-state index in [2.05, 4.69) is 6.58 Å². The second-order valence-corrected chi connectivity index (χ2v) is 4.19. The van der Waals surface area contributed by atoms with Gasteiger partial charge in [-0.05, 0) is 19.4 Å². The van der Waals surface area contributed by atoms with Crippen LogP contribution in [0.15, 0.2) is 42.6 Å². The van der Waals surface area contributed by atoms with Gasteiger partial charge in [0.05, 0.1) is 4.92 Å². The van der Waals surface area contributed by atoms with E-state index in [1.54, 1.807) is 12.1 Å². The molecule has 0 fully saturated rings. The van der Waals surface area contributed by atoms with Gasteiger partial charge in [0.25, 0.3) is 5.69 Å². The zero-order valence-electron chi connectivity index (χ0n) is 9.72. The summed E-state index contributed by atoms with van der Waals surface area (Å²) in [7, 11) is 0. The molecule has 0 amide bonds. The maximum absolute atomic E-state index is 11.0. The predicted octanol–water partition coefficient (Wildman–Crippen LogP) is 3.52. The average molecular weight is 230 g/mol. The van der Waals surface area contributed by atoms with Crippen LogP contribution in [0.25, 0.3) is 10.9 Å². The number of hydrogen-bond acceptors (Lipinski definition) is 2. The topological polar surface area (TPSA) is 48.1 Å². The van der Waals surface area contributed by atoms with Crippen LogP contribution >= 0.6 is 0 Å². The summed E-state index contributed by atoms with van der Waals surface area (Å²) < 4.78 is 1.92. The Labute approximate surface area is 99.3 Å². The van der Waals surface area contributed by atoms with Crippen LogP contribution in [0.1, 0.15) is 13.3 Å². The van der Waals surface area contributed by atoms with Crippen LogP contribution in [0.5, 0.6) is 0 Å². The van der Waals surface area contributed by atoms with Crippen molar-refractivity contribution < 1.29 is 4.92 Å². The fraction of sp³-hybridized carbons (Fsp3) is 0.231. The molecule has 88 valence electrons. The van der Waals surface area contributed by atoms with Crippen LogP contribution in [-0.4, -0.2) is 9.49 Å². The number of aromatic nitrogens is 1. The number of para-hydroxylation sites is 1. The van der Waals surface area contributed by atoms with Crippen LogP contribution in [-0.2, 0) is 6.54 Å². The Morgan fingerprint density at radius 1 is 1.47 bits per heavy atom. The number of nitro benzene ring substituents is 1. The lowest BCUT2D eigenvalue weighted by molar-refractivity contribution is -0.383. The molecule has 0 radical (unpaired) electrons. The fourth-order valence-corrected chi connectivity index (χ4v) is 1.89. The van der Waals surface area contributed by atoms with Gasteiger partial charge >= 0.3 is 0 Å². The lowest BCUT2D eigenvalue weighted by Crippen LogP contribution is -1.99. The molecular formula is C13H14N2O2. The smallest absolute Gasteiger partial charge is 0.293 e. The molecule has 4 nitrogen and oxygen atoms in total. The predicted molar refractivity (Wildman–Crippen MR) is 68.0 cm³/mol. The van der Waals surface area contributed by atoms with E-state index in [0.29, 0.717) is 5.52 Å². The molecule has 0 bridgehead atoms. The molecule has 0 saturated carbocycles. The third kappa shape index (κ3) is 2.20. The number of hydrogen-bond donors (Lipinski definition) is 0. The SMILES string of the molecule is C=C(C)CCn1ccc2cccc([N+](=O)[O-])c21. The van der Waals surface area contributed by atoms with Crippen molar-refractivity contribution in [1.82, 2.24) is 4.57 Å². The van der Waals surface area contributed by atoms with Crippen molar-refractivity contribution in [3.8, 4) is 0 Å². The van der Waals surface area contributed by atoms with Crippen molar-refractivity contribution in [3.05, 3.63) is 52.7 Å². The lowest BCUT2D eigenvalue weighted by Gasteiger charge is -2.05. The molecule has 0 unspecified atom stereocenters. The number of non-ortho nitro benzene ring substituents is 1. The van der Waals surface area contributed by atoms with Crippen molar-refractivity contribution in [1.29, 1.82) is 0 Å². The van der Waals surface area contributed by atoms with Gasteiger partial charge in [-0.2, -0.15) is 0 Å². The number of benzene rings is 1. The highest BCUT2D eigenvalue weighted by molar-refractivity contribution is 5.88. The van der Waals surface area contributed by atoms with Gasteiger partial charge in [-0.25, -0.2) is 0 Å². The lowest BCUT2D eigenvalue weighted by atomic mass is 10.2. The summed E-state index contributed by atoms with van der Waals surface area (Å²) in [4.78, 5) is 10.6. The minimum Gasteiger partial charge on any atom is -0.342 e. The summed E-state index contributed by atoms with van der Waals surface area (Å²) >= 11 is 0. The van der Waals surface area contributed by atoms with Gasteiger partial charge in [0.15, 0.2) is 0 Å². The van der Waals surface area contributed by atoms with E-state index in [1.807, 2.05) is 29.8 Å².